The minimum absolute atomic E-state index is 0.266. The van der Waals surface area contributed by atoms with Crippen LogP contribution in [0.25, 0.3) is 0 Å². The quantitative estimate of drug-likeness (QED) is 0.181. The fourth-order valence-electron chi connectivity index (χ4n) is 2.63. The van der Waals surface area contributed by atoms with E-state index < -0.39 is 0 Å². The van der Waals surface area contributed by atoms with Gasteiger partial charge in [0.2, 0.25) is 5.16 Å². The number of ether oxygens (including phenoxy) is 1. The van der Waals surface area contributed by atoms with Crippen LogP contribution in [0.4, 0.5) is 10.3 Å². The van der Waals surface area contributed by atoms with Gasteiger partial charge in [-0.2, -0.15) is 5.10 Å². The number of hydrogen-bond donors (Lipinski definition) is 2. The second-order valence-electron chi connectivity index (χ2n) is 6.45. The number of nitrogens with zero attached hydrogens (tertiary/aromatic N) is 4. The summed E-state index contributed by atoms with van der Waals surface area (Å²) in [7, 11) is 0. The van der Waals surface area contributed by atoms with Crippen molar-refractivity contribution in [2.24, 2.45) is 5.10 Å². The zero-order valence-corrected chi connectivity index (χ0v) is 17.2. The number of hydrazone groups is 1. The second-order valence-corrected chi connectivity index (χ2v) is 7.39. The molecule has 3 N–H and O–H groups in total. The Balaban J connectivity index is 1.35. The van der Waals surface area contributed by atoms with Gasteiger partial charge in [0.05, 0.1) is 6.21 Å². The van der Waals surface area contributed by atoms with Gasteiger partial charge in [0.15, 0.2) is 0 Å². The predicted octanol–water partition coefficient (Wildman–Crippen LogP) is 4.66. The van der Waals surface area contributed by atoms with E-state index in [1.54, 1.807) is 18.3 Å². The summed E-state index contributed by atoms with van der Waals surface area (Å²) in [5, 5.41) is 12.8. The number of hydrogen-bond acceptors (Lipinski definition) is 7. The topological polar surface area (TPSA) is 90.3 Å². The van der Waals surface area contributed by atoms with Crippen LogP contribution in [0, 0.1) is 5.82 Å². The Kier molecular flexibility index (Phi) is 6.44. The molecule has 0 aliphatic carbocycles. The molecule has 0 bridgehead atoms. The minimum Gasteiger partial charge on any atom is -0.457 e. The molecular weight excluding hydrogens is 415 g/mol. The first-order valence-electron chi connectivity index (χ1n) is 9.37. The van der Waals surface area contributed by atoms with Crippen LogP contribution in [0.2, 0.25) is 0 Å². The number of nitrogens with one attached hydrogen (secondary N) is 1. The predicted molar refractivity (Wildman–Crippen MR) is 120 cm³/mol. The van der Waals surface area contributed by atoms with Crippen LogP contribution < -0.4 is 16.0 Å². The summed E-state index contributed by atoms with van der Waals surface area (Å²) in [6.45, 7) is 0. The molecule has 0 atom stereocenters. The molecule has 9 heteroatoms. The van der Waals surface area contributed by atoms with Crippen LogP contribution >= 0.6 is 11.8 Å². The molecular formula is C22H19FN6OS. The summed E-state index contributed by atoms with van der Waals surface area (Å²) < 4.78 is 20.1. The van der Waals surface area contributed by atoms with Gasteiger partial charge in [-0.15, -0.1) is 10.2 Å². The van der Waals surface area contributed by atoms with Crippen molar-refractivity contribution >= 4 is 23.9 Å². The van der Waals surface area contributed by atoms with E-state index in [4.69, 9.17) is 10.6 Å². The van der Waals surface area contributed by atoms with Crippen molar-refractivity contribution in [3.8, 4) is 11.5 Å². The number of nitrogens with two attached hydrogens (primary N) is 1. The minimum atomic E-state index is -0.266. The molecule has 3 aromatic carbocycles. The zero-order chi connectivity index (χ0) is 21.5. The number of nitrogen functional groups attached to an aromatic ring is 1. The highest BCUT2D eigenvalue weighted by Gasteiger charge is 2.09. The number of aromatic nitrogens is 3. The number of benzene rings is 3. The molecule has 4 aromatic rings. The number of thioether (sulfide) groups is 1. The SMILES string of the molecule is Nn1c(N/N=C/c2cccc(Oc3ccccc3)c2)nnc1SCc1ccc(F)cc1. The van der Waals surface area contributed by atoms with Gasteiger partial charge < -0.3 is 10.6 Å². The van der Waals surface area contributed by atoms with E-state index in [1.165, 1.54) is 28.6 Å². The van der Waals surface area contributed by atoms with E-state index >= 15 is 0 Å². The van der Waals surface area contributed by atoms with Crippen LogP contribution in [0.15, 0.2) is 89.1 Å². The Morgan fingerprint density at radius 2 is 1.77 bits per heavy atom. The second kappa shape index (κ2) is 9.77. The molecule has 0 amide bonds. The lowest BCUT2D eigenvalue weighted by atomic mass is 10.2. The zero-order valence-electron chi connectivity index (χ0n) is 16.4. The Bertz CT molecular complexity index is 1160. The van der Waals surface area contributed by atoms with Crippen molar-refractivity contribution in [2.45, 2.75) is 10.9 Å². The van der Waals surface area contributed by atoms with Crippen LogP contribution in [-0.4, -0.2) is 21.1 Å². The summed E-state index contributed by atoms with van der Waals surface area (Å²) in [6.07, 6.45) is 1.64. The number of anilines is 1. The molecule has 1 aromatic heterocycles. The van der Waals surface area contributed by atoms with Gasteiger partial charge in [-0.1, -0.05) is 54.2 Å². The van der Waals surface area contributed by atoms with Crippen LogP contribution in [0.3, 0.4) is 0 Å². The lowest BCUT2D eigenvalue weighted by molar-refractivity contribution is 0.482. The Hall–Kier alpha value is -3.85. The maximum atomic E-state index is 13.0. The largest absolute Gasteiger partial charge is 0.457 e. The molecule has 0 spiro atoms. The van der Waals surface area contributed by atoms with E-state index in [2.05, 4.69) is 20.7 Å². The third-order valence-electron chi connectivity index (χ3n) is 4.16. The molecule has 7 nitrogen and oxygen atoms in total. The summed E-state index contributed by atoms with van der Waals surface area (Å²) in [4.78, 5) is 0. The Morgan fingerprint density at radius 1 is 1.00 bits per heavy atom. The van der Waals surface area contributed by atoms with Gasteiger partial charge in [-0.05, 0) is 47.5 Å². The average molecular weight is 435 g/mol. The summed E-state index contributed by atoms with van der Waals surface area (Å²) >= 11 is 1.39. The molecule has 4 rings (SSSR count). The molecule has 0 radical (unpaired) electrons. The van der Waals surface area contributed by atoms with Gasteiger partial charge in [0, 0.05) is 5.75 Å². The van der Waals surface area contributed by atoms with E-state index in [1.807, 2.05) is 54.6 Å². The van der Waals surface area contributed by atoms with Crippen molar-refractivity contribution in [2.75, 3.05) is 11.3 Å². The molecule has 0 saturated heterocycles. The highest BCUT2D eigenvalue weighted by Crippen LogP contribution is 2.23. The molecule has 1 heterocycles. The fraction of sp³-hybridized carbons (Fsp3) is 0.0455. The van der Waals surface area contributed by atoms with Gasteiger partial charge in [0.25, 0.3) is 5.95 Å². The first-order chi connectivity index (χ1) is 15.2. The van der Waals surface area contributed by atoms with Crippen LogP contribution in [0.5, 0.6) is 11.5 Å². The van der Waals surface area contributed by atoms with E-state index in [-0.39, 0.29) is 5.82 Å². The first-order valence-corrected chi connectivity index (χ1v) is 10.4. The van der Waals surface area contributed by atoms with E-state index in [9.17, 15) is 4.39 Å². The normalized spacial score (nSPS) is 11.0. The number of para-hydroxylation sites is 1. The van der Waals surface area contributed by atoms with E-state index in [0.29, 0.717) is 22.6 Å². The van der Waals surface area contributed by atoms with E-state index in [0.717, 1.165) is 16.9 Å². The molecule has 0 aliphatic rings. The number of halogens is 1. The van der Waals surface area contributed by atoms with Gasteiger partial charge >= 0.3 is 0 Å². The summed E-state index contributed by atoms with van der Waals surface area (Å²) in [5.41, 5.74) is 4.59. The smallest absolute Gasteiger partial charge is 0.264 e. The number of rotatable bonds is 8. The summed E-state index contributed by atoms with van der Waals surface area (Å²) in [6, 6.07) is 23.4. The lowest BCUT2D eigenvalue weighted by Gasteiger charge is -2.06. The standard InChI is InChI=1S/C22H19FN6OS/c23-18-11-9-16(10-12-18)15-31-22-28-27-21(29(22)24)26-25-14-17-5-4-8-20(13-17)30-19-6-2-1-3-7-19/h1-14H,15,24H2,(H,26,27)/b25-14+. The highest BCUT2D eigenvalue weighted by atomic mass is 32.2. The molecule has 0 saturated carbocycles. The maximum Gasteiger partial charge on any atom is 0.264 e. The third-order valence-corrected chi connectivity index (χ3v) is 5.18. The van der Waals surface area contributed by atoms with Crippen molar-refractivity contribution in [3.63, 3.8) is 0 Å². The fourth-order valence-corrected chi connectivity index (χ4v) is 3.44. The first kappa shape index (κ1) is 20.4. The lowest BCUT2D eigenvalue weighted by Crippen LogP contribution is -2.13. The van der Waals surface area contributed by atoms with Crippen molar-refractivity contribution < 1.29 is 9.13 Å². The summed E-state index contributed by atoms with van der Waals surface area (Å²) in [5.74, 6) is 8.13. The molecule has 0 fully saturated rings. The Labute approximate surface area is 182 Å². The van der Waals surface area contributed by atoms with Crippen LogP contribution in [-0.2, 0) is 5.75 Å². The molecule has 31 heavy (non-hydrogen) atoms. The molecule has 0 unspecified atom stereocenters. The van der Waals surface area contributed by atoms with Crippen LogP contribution in [0.1, 0.15) is 11.1 Å². The van der Waals surface area contributed by atoms with Gasteiger partial charge in [-0.3, -0.25) is 0 Å². The molecule has 0 aliphatic heterocycles. The van der Waals surface area contributed by atoms with Crippen molar-refractivity contribution in [1.29, 1.82) is 0 Å². The third kappa shape index (κ3) is 5.61. The van der Waals surface area contributed by atoms with Crippen molar-refractivity contribution in [1.82, 2.24) is 14.9 Å². The molecule has 156 valence electrons. The van der Waals surface area contributed by atoms with Gasteiger partial charge in [0.1, 0.15) is 17.3 Å². The van der Waals surface area contributed by atoms with Crippen molar-refractivity contribution in [3.05, 3.63) is 95.8 Å². The monoisotopic (exact) mass is 434 g/mol. The highest BCUT2D eigenvalue weighted by molar-refractivity contribution is 7.98. The van der Waals surface area contributed by atoms with Gasteiger partial charge in [-0.25, -0.2) is 14.5 Å². The Morgan fingerprint density at radius 3 is 2.58 bits per heavy atom. The maximum absolute atomic E-state index is 13.0. The average Bonchev–Trinajstić information content (AvgIpc) is 3.14.